The van der Waals surface area contributed by atoms with Gasteiger partial charge in [-0.3, -0.25) is 4.79 Å². The van der Waals surface area contributed by atoms with Gasteiger partial charge in [-0.2, -0.15) is 0 Å². The molecule has 3 rings (SSSR count). The normalized spacial score (nSPS) is 21.8. The molecule has 5 nitrogen and oxygen atoms in total. The summed E-state index contributed by atoms with van der Waals surface area (Å²) >= 11 is 0. The van der Waals surface area contributed by atoms with E-state index < -0.39 is 0 Å². The number of aromatic nitrogens is 1. The van der Waals surface area contributed by atoms with Crippen molar-refractivity contribution in [2.45, 2.75) is 51.6 Å². The molecule has 25 heavy (non-hydrogen) atoms. The first-order valence-corrected chi connectivity index (χ1v) is 8.97. The van der Waals surface area contributed by atoms with E-state index in [-0.39, 0.29) is 30.7 Å². The molecule has 2 bridgehead atoms. The lowest BCUT2D eigenvalue weighted by atomic mass is 10.1. The smallest absolute Gasteiger partial charge is 0.255 e. The van der Waals surface area contributed by atoms with E-state index in [4.69, 9.17) is 0 Å². The number of hydrogen-bond donors (Lipinski definition) is 1. The SMILES string of the molecule is CCCN(CC)c1ccc(C(=O)N2CCC3CCC(C2)N3)cn1.Cl.Cl. The summed E-state index contributed by atoms with van der Waals surface area (Å²) in [6.45, 7) is 7.92. The van der Waals surface area contributed by atoms with Crippen molar-refractivity contribution >= 4 is 36.5 Å². The second-order valence-corrected chi connectivity index (χ2v) is 6.66. The van der Waals surface area contributed by atoms with Crippen molar-refractivity contribution in [3.05, 3.63) is 23.9 Å². The van der Waals surface area contributed by atoms with Crippen molar-refractivity contribution in [3.8, 4) is 0 Å². The lowest BCUT2D eigenvalue weighted by Gasteiger charge is -2.25. The van der Waals surface area contributed by atoms with E-state index in [9.17, 15) is 4.79 Å². The van der Waals surface area contributed by atoms with Crippen molar-refractivity contribution in [2.24, 2.45) is 0 Å². The van der Waals surface area contributed by atoms with Gasteiger partial charge in [-0.15, -0.1) is 24.8 Å². The van der Waals surface area contributed by atoms with Gasteiger partial charge in [-0.25, -0.2) is 4.98 Å². The van der Waals surface area contributed by atoms with Crippen LogP contribution in [0, 0.1) is 0 Å². The van der Waals surface area contributed by atoms with Gasteiger partial charge >= 0.3 is 0 Å². The first-order chi connectivity index (χ1) is 11.2. The highest BCUT2D eigenvalue weighted by Crippen LogP contribution is 2.22. The Morgan fingerprint density at radius 1 is 1.24 bits per heavy atom. The van der Waals surface area contributed by atoms with E-state index >= 15 is 0 Å². The largest absolute Gasteiger partial charge is 0.357 e. The van der Waals surface area contributed by atoms with E-state index in [0.29, 0.717) is 17.6 Å². The van der Waals surface area contributed by atoms with Crippen LogP contribution in [0.25, 0.3) is 0 Å². The number of rotatable bonds is 5. The zero-order valence-electron chi connectivity index (χ0n) is 15.1. The van der Waals surface area contributed by atoms with Gasteiger partial charge in [0.15, 0.2) is 0 Å². The Bertz CT molecular complexity index is 540. The van der Waals surface area contributed by atoms with E-state index in [1.165, 1.54) is 12.8 Å². The minimum absolute atomic E-state index is 0. The first kappa shape index (κ1) is 22.0. The molecule has 1 N–H and O–H groups in total. The third kappa shape index (κ3) is 5.22. The van der Waals surface area contributed by atoms with Crippen molar-refractivity contribution in [3.63, 3.8) is 0 Å². The quantitative estimate of drug-likeness (QED) is 0.841. The molecule has 1 aromatic rings. The number of carbonyl (C=O) groups excluding carboxylic acids is 1. The molecular weight excluding hydrogens is 359 g/mol. The molecular formula is C18H30Cl2N4O. The lowest BCUT2D eigenvalue weighted by Crippen LogP contribution is -2.39. The number of hydrogen-bond acceptors (Lipinski definition) is 4. The highest BCUT2D eigenvalue weighted by molar-refractivity contribution is 5.94. The predicted molar refractivity (Wildman–Crippen MR) is 107 cm³/mol. The van der Waals surface area contributed by atoms with Gasteiger partial charge in [-0.1, -0.05) is 6.92 Å². The monoisotopic (exact) mass is 388 g/mol. The zero-order chi connectivity index (χ0) is 16.2. The van der Waals surface area contributed by atoms with Crippen LogP contribution in [-0.4, -0.2) is 54.1 Å². The summed E-state index contributed by atoms with van der Waals surface area (Å²) in [5.74, 6) is 1.08. The van der Waals surface area contributed by atoms with Crippen molar-refractivity contribution in [1.82, 2.24) is 15.2 Å². The minimum atomic E-state index is 0. The van der Waals surface area contributed by atoms with E-state index in [1.54, 1.807) is 6.20 Å². The van der Waals surface area contributed by atoms with Crippen LogP contribution in [0.3, 0.4) is 0 Å². The van der Waals surface area contributed by atoms with Crippen LogP contribution in [0.15, 0.2) is 18.3 Å². The predicted octanol–water partition coefficient (Wildman–Crippen LogP) is 3.13. The second kappa shape index (κ2) is 10.2. The van der Waals surface area contributed by atoms with Gasteiger partial charge in [0.2, 0.25) is 0 Å². The molecule has 2 atom stereocenters. The number of carbonyl (C=O) groups is 1. The van der Waals surface area contributed by atoms with Crippen LogP contribution in [-0.2, 0) is 0 Å². The second-order valence-electron chi connectivity index (χ2n) is 6.66. The number of anilines is 1. The van der Waals surface area contributed by atoms with Crippen LogP contribution in [0.5, 0.6) is 0 Å². The summed E-state index contributed by atoms with van der Waals surface area (Å²) in [5.41, 5.74) is 0.707. The topological polar surface area (TPSA) is 48.5 Å². The Hall–Kier alpha value is -1.04. The van der Waals surface area contributed by atoms with Crippen molar-refractivity contribution in [1.29, 1.82) is 0 Å². The van der Waals surface area contributed by atoms with Crippen LogP contribution in [0.2, 0.25) is 0 Å². The van der Waals surface area contributed by atoms with Gasteiger partial charge in [0, 0.05) is 44.5 Å². The third-order valence-corrected chi connectivity index (χ3v) is 5.00. The average Bonchev–Trinajstić information content (AvgIpc) is 2.91. The average molecular weight is 389 g/mol. The maximum absolute atomic E-state index is 12.7. The molecule has 2 saturated heterocycles. The van der Waals surface area contributed by atoms with E-state index in [0.717, 1.165) is 44.8 Å². The molecule has 0 radical (unpaired) electrons. The number of fused-ring (bicyclic) bond motifs is 2. The lowest BCUT2D eigenvalue weighted by molar-refractivity contribution is 0.0748. The molecule has 2 aliphatic heterocycles. The number of likely N-dealkylation sites (tertiary alicyclic amines) is 1. The number of halogens is 2. The van der Waals surface area contributed by atoms with E-state index in [2.05, 4.69) is 29.0 Å². The fraction of sp³-hybridized carbons (Fsp3) is 0.667. The number of amides is 1. The fourth-order valence-corrected chi connectivity index (χ4v) is 3.71. The summed E-state index contributed by atoms with van der Waals surface area (Å²) in [6, 6.07) is 4.98. The highest BCUT2D eigenvalue weighted by atomic mass is 35.5. The number of nitrogens with zero attached hydrogens (tertiary/aromatic N) is 3. The minimum Gasteiger partial charge on any atom is -0.357 e. The van der Waals surface area contributed by atoms with Gasteiger partial charge in [0.25, 0.3) is 5.91 Å². The Labute approximate surface area is 163 Å². The molecule has 2 unspecified atom stereocenters. The summed E-state index contributed by atoms with van der Waals surface area (Å²) in [5, 5.41) is 3.62. The Morgan fingerprint density at radius 2 is 2.00 bits per heavy atom. The van der Waals surface area contributed by atoms with Gasteiger partial charge in [-0.05, 0) is 44.7 Å². The molecule has 0 aliphatic carbocycles. The van der Waals surface area contributed by atoms with Gasteiger partial charge in [0.05, 0.1) is 5.56 Å². The summed E-state index contributed by atoms with van der Waals surface area (Å²) in [4.78, 5) is 21.5. The third-order valence-electron chi connectivity index (χ3n) is 5.00. The zero-order valence-corrected chi connectivity index (χ0v) is 16.7. The summed E-state index contributed by atoms with van der Waals surface area (Å²) in [6.07, 6.45) is 6.35. The molecule has 0 saturated carbocycles. The van der Waals surface area contributed by atoms with E-state index in [1.807, 2.05) is 17.0 Å². The molecule has 7 heteroatoms. The molecule has 0 spiro atoms. The molecule has 0 aromatic carbocycles. The molecule has 2 fully saturated rings. The summed E-state index contributed by atoms with van der Waals surface area (Å²) in [7, 11) is 0. The Morgan fingerprint density at radius 3 is 2.64 bits per heavy atom. The molecule has 1 aromatic heterocycles. The first-order valence-electron chi connectivity index (χ1n) is 8.97. The number of nitrogens with one attached hydrogen (secondary N) is 1. The van der Waals surface area contributed by atoms with Crippen molar-refractivity contribution < 1.29 is 4.79 Å². The maximum atomic E-state index is 12.7. The van der Waals surface area contributed by atoms with Crippen LogP contribution >= 0.6 is 24.8 Å². The maximum Gasteiger partial charge on any atom is 0.255 e. The standard InChI is InChI=1S/C18H28N4O.2ClH/c1-3-10-21(4-2)17-8-5-14(12-19-17)18(23)22-11-9-15-6-7-16(13-22)20-15;;/h5,8,12,15-16,20H,3-4,6-7,9-11,13H2,1-2H3;2*1H. The molecule has 2 aliphatic rings. The Kier molecular flexibility index (Phi) is 8.97. The van der Waals surface area contributed by atoms with Gasteiger partial charge < -0.3 is 15.1 Å². The molecule has 3 heterocycles. The van der Waals surface area contributed by atoms with Gasteiger partial charge in [0.1, 0.15) is 5.82 Å². The Balaban J connectivity index is 0.00000156. The number of pyridine rings is 1. The highest BCUT2D eigenvalue weighted by Gasteiger charge is 2.31. The van der Waals surface area contributed by atoms with Crippen molar-refractivity contribution in [2.75, 3.05) is 31.1 Å². The van der Waals surface area contributed by atoms with Crippen LogP contribution in [0.4, 0.5) is 5.82 Å². The molecule has 142 valence electrons. The molecule has 1 amide bonds. The van der Waals surface area contributed by atoms with Crippen LogP contribution < -0.4 is 10.2 Å². The fourth-order valence-electron chi connectivity index (χ4n) is 3.71. The summed E-state index contributed by atoms with van der Waals surface area (Å²) < 4.78 is 0. The van der Waals surface area contributed by atoms with Crippen LogP contribution in [0.1, 0.15) is 49.9 Å².